The van der Waals surface area contributed by atoms with E-state index in [9.17, 15) is 30.8 Å². The lowest BCUT2D eigenvalue weighted by atomic mass is 10.1. The second-order valence-electron chi connectivity index (χ2n) is 10.0. The fraction of sp³-hybridized carbons (Fsp3) is 0.188. The van der Waals surface area contributed by atoms with E-state index in [1.54, 1.807) is 54.8 Å². The number of aromatic nitrogens is 2. The van der Waals surface area contributed by atoms with E-state index in [1.807, 2.05) is 0 Å². The van der Waals surface area contributed by atoms with Gasteiger partial charge in [-0.1, -0.05) is 24.3 Å². The summed E-state index contributed by atoms with van der Waals surface area (Å²) >= 11 is 0. The third kappa shape index (κ3) is 6.66. The Morgan fingerprint density at radius 2 is 1.61 bits per heavy atom. The molecule has 12 heteroatoms. The Morgan fingerprint density at radius 1 is 0.955 bits per heavy atom. The minimum absolute atomic E-state index is 0.00602. The van der Waals surface area contributed by atoms with Crippen molar-refractivity contribution in [2.45, 2.75) is 37.4 Å². The van der Waals surface area contributed by atoms with Gasteiger partial charge in [-0.3, -0.25) is 8.98 Å². The smallest absolute Gasteiger partial charge is 0.326 e. The number of carbonyl (C=O) groups is 1. The van der Waals surface area contributed by atoms with Crippen molar-refractivity contribution in [3.63, 3.8) is 0 Å². The highest BCUT2D eigenvalue weighted by Gasteiger charge is 2.31. The molecule has 5 aromatic rings. The molecular formula is C32H27F4N3O4S. The summed E-state index contributed by atoms with van der Waals surface area (Å²) in [6.07, 6.45) is -4.56. The molecule has 4 aromatic carbocycles. The van der Waals surface area contributed by atoms with Crippen molar-refractivity contribution in [3.8, 4) is 11.4 Å². The maximum atomic E-state index is 13.6. The lowest BCUT2D eigenvalue weighted by Gasteiger charge is -2.19. The number of nitrogens with one attached hydrogen (secondary N) is 1. The molecule has 0 saturated carbocycles. The Hall–Kier alpha value is -4.55. The van der Waals surface area contributed by atoms with Crippen molar-refractivity contribution < 1.29 is 35.0 Å². The number of hydrogen-bond acceptors (Lipinski definition) is 5. The summed E-state index contributed by atoms with van der Waals surface area (Å²) in [7, 11) is -3.85. The first-order valence-corrected chi connectivity index (χ1v) is 15.0. The van der Waals surface area contributed by atoms with Crippen LogP contribution in [0.15, 0.2) is 95.9 Å². The third-order valence-corrected chi connectivity index (χ3v) is 8.43. The predicted octanol–water partition coefficient (Wildman–Crippen LogP) is 7.38. The highest BCUT2D eigenvalue weighted by Crippen LogP contribution is 2.36. The topological polar surface area (TPSA) is 90.3 Å². The number of carbonyl (C=O) groups excluding carboxylic acids is 1. The van der Waals surface area contributed by atoms with E-state index in [0.29, 0.717) is 33.7 Å². The van der Waals surface area contributed by atoms with Crippen molar-refractivity contribution in [1.82, 2.24) is 9.55 Å². The fourth-order valence-electron chi connectivity index (χ4n) is 4.85. The first-order valence-electron chi connectivity index (χ1n) is 13.6. The number of hydrogen-bond donors (Lipinski definition) is 1. The summed E-state index contributed by atoms with van der Waals surface area (Å²) in [6.45, 7) is 3.38. The molecule has 0 saturated heterocycles. The molecule has 228 valence electrons. The van der Waals surface area contributed by atoms with Crippen LogP contribution in [-0.4, -0.2) is 30.5 Å². The predicted molar refractivity (Wildman–Crippen MR) is 158 cm³/mol. The van der Waals surface area contributed by atoms with Gasteiger partial charge in [0.1, 0.15) is 11.6 Å². The van der Waals surface area contributed by atoms with Gasteiger partial charge < -0.3 is 9.88 Å². The number of fused-ring (bicyclic) bond motifs is 1. The van der Waals surface area contributed by atoms with Crippen LogP contribution in [0.25, 0.3) is 22.4 Å². The van der Waals surface area contributed by atoms with Crippen LogP contribution < -0.4 is 5.32 Å². The summed E-state index contributed by atoms with van der Waals surface area (Å²) < 4.78 is 84.9. The Bertz CT molecular complexity index is 1900. The molecule has 1 amide bonds. The van der Waals surface area contributed by atoms with Gasteiger partial charge in [-0.2, -0.15) is 21.6 Å². The maximum Gasteiger partial charge on any atom is 0.416 e. The van der Waals surface area contributed by atoms with Crippen LogP contribution in [-0.2, 0) is 31.7 Å². The van der Waals surface area contributed by atoms with Crippen LogP contribution in [0.1, 0.15) is 36.6 Å². The van der Waals surface area contributed by atoms with Crippen LogP contribution in [0, 0.1) is 5.82 Å². The average molecular weight is 626 g/mol. The van der Waals surface area contributed by atoms with Gasteiger partial charge in [0.25, 0.3) is 10.1 Å². The molecule has 0 aliphatic carbocycles. The van der Waals surface area contributed by atoms with Gasteiger partial charge in [0.2, 0.25) is 5.91 Å². The summed E-state index contributed by atoms with van der Waals surface area (Å²) in [6, 6.07) is 21.1. The number of alkyl halides is 3. The van der Waals surface area contributed by atoms with Crippen molar-refractivity contribution in [2.75, 3.05) is 11.9 Å². The Labute approximate surface area is 251 Å². The largest absolute Gasteiger partial charge is 0.416 e. The van der Waals surface area contributed by atoms with Gasteiger partial charge in [0, 0.05) is 11.3 Å². The van der Waals surface area contributed by atoms with Crippen molar-refractivity contribution in [3.05, 3.63) is 114 Å². The Balaban J connectivity index is 1.40. The van der Waals surface area contributed by atoms with Gasteiger partial charge in [-0.25, -0.2) is 9.37 Å². The molecule has 7 nitrogen and oxygen atoms in total. The standard InChI is InChI=1S/C32H27F4N3O4S/c1-3-43-44(41,42)27-15-4-21(5-16-27)18-30(40)37-26-13-8-23(9-14-26)31-38-28-17-10-24(32(34,35)36)19-29(28)39(31)20(2)22-6-11-25(33)12-7-22/h4-17,19-20H,3,18H2,1-2H3,(H,37,40)/t20-/m0/s1. The van der Waals surface area contributed by atoms with E-state index < -0.39 is 33.7 Å². The zero-order chi connectivity index (χ0) is 31.6. The zero-order valence-electron chi connectivity index (χ0n) is 23.6. The lowest BCUT2D eigenvalue weighted by molar-refractivity contribution is -0.137. The molecule has 1 atom stereocenters. The van der Waals surface area contributed by atoms with E-state index in [4.69, 9.17) is 4.18 Å². The quantitative estimate of drug-likeness (QED) is 0.136. The molecule has 0 aliphatic heterocycles. The number of amides is 1. The summed E-state index contributed by atoms with van der Waals surface area (Å²) in [5.74, 6) is -0.369. The second-order valence-corrected chi connectivity index (χ2v) is 11.7. The molecule has 5 rings (SSSR count). The van der Waals surface area contributed by atoms with Crippen molar-refractivity contribution in [2.24, 2.45) is 0 Å². The number of nitrogens with zero attached hydrogens (tertiary/aromatic N) is 2. The number of rotatable bonds is 9. The molecule has 1 heterocycles. The average Bonchev–Trinajstić information content (AvgIpc) is 3.36. The minimum Gasteiger partial charge on any atom is -0.326 e. The number of anilines is 1. The minimum atomic E-state index is -4.55. The van der Waals surface area contributed by atoms with E-state index in [1.165, 1.54) is 42.5 Å². The van der Waals surface area contributed by atoms with E-state index in [-0.39, 0.29) is 29.3 Å². The Kier molecular flexibility index (Phi) is 8.57. The van der Waals surface area contributed by atoms with E-state index in [0.717, 1.165) is 12.1 Å². The molecule has 0 radical (unpaired) electrons. The van der Waals surface area contributed by atoms with Gasteiger partial charge in [0.15, 0.2) is 0 Å². The monoisotopic (exact) mass is 625 g/mol. The maximum absolute atomic E-state index is 13.6. The van der Waals surface area contributed by atoms with Gasteiger partial charge >= 0.3 is 6.18 Å². The SMILES string of the molecule is CCOS(=O)(=O)c1ccc(CC(=O)Nc2ccc(-c3nc4ccc(C(F)(F)F)cc4n3[C@@H](C)c3ccc(F)cc3)cc2)cc1. The van der Waals surface area contributed by atoms with Gasteiger partial charge in [-0.15, -0.1) is 0 Å². The van der Waals surface area contributed by atoms with Crippen LogP contribution in [0.3, 0.4) is 0 Å². The van der Waals surface area contributed by atoms with Crippen LogP contribution in [0.5, 0.6) is 0 Å². The number of benzene rings is 4. The molecule has 1 N–H and O–H groups in total. The van der Waals surface area contributed by atoms with Crippen LogP contribution in [0.4, 0.5) is 23.2 Å². The molecule has 44 heavy (non-hydrogen) atoms. The van der Waals surface area contributed by atoms with E-state index in [2.05, 4.69) is 10.3 Å². The zero-order valence-corrected chi connectivity index (χ0v) is 24.4. The number of halogens is 4. The first-order chi connectivity index (χ1) is 20.9. The summed E-state index contributed by atoms with van der Waals surface area (Å²) in [5, 5.41) is 2.78. The van der Waals surface area contributed by atoms with Crippen LogP contribution in [0.2, 0.25) is 0 Å². The first kappa shape index (κ1) is 30.9. The van der Waals surface area contributed by atoms with Crippen molar-refractivity contribution in [1.29, 1.82) is 0 Å². The highest BCUT2D eigenvalue weighted by atomic mass is 32.2. The molecule has 0 fully saturated rings. The van der Waals surface area contributed by atoms with Crippen LogP contribution >= 0.6 is 0 Å². The molecule has 1 aromatic heterocycles. The third-order valence-electron chi connectivity index (χ3n) is 7.03. The molecule has 0 unspecified atom stereocenters. The fourth-order valence-corrected chi connectivity index (χ4v) is 5.76. The van der Waals surface area contributed by atoms with Crippen molar-refractivity contribution >= 4 is 32.7 Å². The second kappa shape index (κ2) is 12.2. The van der Waals surface area contributed by atoms with E-state index >= 15 is 0 Å². The van der Waals surface area contributed by atoms with Gasteiger partial charge in [-0.05, 0) is 91.7 Å². The van der Waals surface area contributed by atoms with Gasteiger partial charge in [0.05, 0.1) is 40.6 Å². The lowest BCUT2D eigenvalue weighted by Crippen LogP contribution is -2.14. The summed E-state index contributed by atoms with van der Waals surface area (Å²) in [5.41, 5.74) is 2.15. The number of imidazole rings is 1. The highest BCUT2D eigenvalue weighted by molar-refractivity contribution is 7.86. The normalized spacial score (nSPS) is 12.8. The Morgan fingerprint density at radius 3 is 2.23 bits per heavy atom. The molecule has 0 spiro atoms. The molecule has 0 aliphatic rings. The summed E-state index contributed by atoms with van der Waals surface area (Å²) in [4.78, 5) is 17.3. The molecule has 0 bridgehead atoms. The molecular weight excluding hydrogens is 598 g/mol.